The average Bonchev–Trinajstić information content (AvgIpc) is 2.40. The van der Waals surface area contributed by atoms with Crippen molar-refractivity contribution in [3.05, 3.63) is 35.4 Å². The molecule has 1 aliphatic heterocycles. The number of hydrogen-bond donors (Lipinski definition) is 1. The van der Waals surface area contributed by atoms with Crippen LogP contribution in [0.2, 0.25) is 0 Å². The second-order valence-corrected chi connectivity index (χ2v) is 7.88. The van der Waals surface area contributed by atoms with E-state index in [4.69, 9.17) is 5.73 Å². The predicted molar refractivity (Wildman–Crippen MR) is 91.4 cm³/mol. The molecule has 1 aliphatic rings. The van der Waals surface area contributed by atoms with Crippen molar-refractivity contribution < 1.29 is 0 Å². The minimum Gasteiger partial charge on any atom is -0.328 e. The van der Waals surface area contributed by atoms with Crippen molar-refractivity contribution in [2.75, 3.05) is 13.1 Å². The van der Waals surface area contributed by atoms with Gasteiger partial charge in [-0.15, -0.1) is 0 Å². The van der Waals surface area contributed by atoms with Crippen molar-refractivity contribution in [2.24, 2.45) is 11.7 Å². The Morgan fingerprint density at radius 2 is 1.71 bits per heavy atom. The Morgan fingerprint density at radius 3 is 2.19 bits per heavy atom. The molecule has 2 N–H and O–H groups in total. The number of nitrogens with two attached hydrogens (primary N) is 1. The van der Waals surface area contributed by atoms with Gasteiger partial charge >= 0.3 is 0 Å². The Labute approximate surface area is 130 Å². The second-order valence-electron chi connectivity index (χ2n) is 7.88. The summed E-state index contributed by atoms with van der Waals surface area (Å²) in [6.07, 6.45) is 3.80. The molecule has 1 aromatic carbocycles. The second kappa shape index (κ2) is 6.93. The van der Waals surface area contributed by atoms with Crippen LogP contribution >= 0.6 is 0 Å². The summed E-state index contributed by atoms with van der Waals surface area (Å²) in [7, 11) is 0. The van der Waals surface area contributed by atoms with Crippen LogP contribution in [0.5, 0.6) is 0 Å². The molecule has 0 saturated carbocycles. The van der Waals surface area contributed by atoms with E-state index in [1.165, 1.54) is 43.5 Å². The highest BCUT2D eigenvalue weighted by Gasteiger charge is 2.20. The predicted octanol–water partition coefficient (Wildman–Crippen LogP) is 3.93. The molecule has 2 nitrogen and oxygen atoms in total. The van der Waals surface area contributed by atoms with Gasteiger partial charge in [0.15, 0.2) is 0 Å². The first-order valence-corrected chi connectivity index (χ1v) is 8.42. The molecular formula is C19H32N2. The van der Waals surface area contributed by atoms with Crippen molar-refractivity contribution in [2.45, 2.75) is 65.0 Å². The van der Waals surface area contributed by atoms with Crippen molar-refractivity contribution >= 4 is 0 Å². The Morgan fingerprint density at radius 1 is 1.14 bits per heavy atom. The molecule has 1 unspecified atom stereocenters. The van der Waals surface area contributed by atoms with Gasteiger partial charge in [0.1, 0.15) is 0 Å². The minimum atomic E-state index is 0.246. The molecule has 1 saturated heterocycles. The standard InChI is InChI=1S/C19H32N2/c1-15(20)13-16-9-11-21(12-10-16)14-17-5-7-18(8-6-17)19(2,3)4/h5-8,15-16H,9-14,20H2,1-4H3. The van der Waals surface area contributed by atoms with E-state index in [0.29, 0.717) is 6.04 Å². The number of rotatable bonds is 4. The van der Waals surface area contributed by atoms with Gasteiger partial charge < -0.3 is 5.73 Å². The zero-order chi connectivity index (χ0) is 15.5. The lowest BCUT2D eigenvalue weighted by atomic mass is 9.86. The van der Waals surface area contributed by atoms with Gasteiger partial charge in [-0.25, -0.2) is 0 Å². The van der Waals surface area contributed by atoms with E-state index in [2.05, 4.69) is 56.9 Å². The average molecular weight is 288 g/mol. The topological polar surface area (TPSA) is 29.3 Å². The van der Waals surface area contributed by atoms with Crippen molar-refractivity contribution in [3.8, 4) is 0 Å². The lowest BCUT2D eigenvalue weighted by Gasteiger charge is -2.32. The molecule has 21 heavy (non-hydrogen) atoms. The maximum Gasteiger partial charge on any atom is 0.0233 e. The monoisotopic (exact) mass is 288 g/mol. The van der Waals surface area contributed by atoms with Crippen LogP contribution in [0.15, 0.2) is 24.3 Å². The lowest BCUT2D eigenvalue weighted by Crippen LogP contribution is -2.35. The highest BCUT2D eigenvalue weighted by atomic mass is 15.1. The molecule has 1 heterocycles. The van der Waals surface area contributed by atoms with Crippen molar-refractivity contribution in [1.82, 2.24) is 4.90 Å². The van der Waals surface area contributed by atoms with Gasteiger partial charge in [-0.1, -0.05) is 45.0 Å². The largest absolute Gasteiger partial charge is 0.328 e. The van der Waals surface area contributed by atoms with Gasteiger partial charge in [0.2, 0.25) is 0 Å². The van der Waals surface area contributed by atoms with E-state index in [0.717, 1.165) is 12.5 Å². The van der Waals surface area contributed by atoms with Gasteiger partial charge in [0.05, 0.1) is 0 Å². The van der Waals surface area contributed by atoms with Gasteiger partial charge in [-0.2, -0.15) is 0 Å². The number of benzene rings is 1. The molecule has 118 valence electrons. The molecule has 0 aromatic heterocycles. The maximum atomic E-state index is 5.92. The van der Waals surface area contributed by atoms with Crippen LogP contribution in [-0.4, -0.2) is 24.0 Å². The first-order valence-electron chi connectivity index (χ1n) is 8.42. The first-order chi connectivity index (χ1) is 9.84. The van der Waals surface area contributed by atoms with Gasteiger partial charge in [0.25, 0.3) is 0 Å². The molecule has 1 atom stereocenters. The van der Waals surface area contributed by atoms with E-state index >= 15 is 0 Å². The molecule has 2 heteroatoms. The molecule has 0 spiro atoms. The van der Waals surface area contributed by atoms with E-state index in [9.17, 15) is 0 Å². The Balaban J connectivity index is 1.83. The summed E-state index contributed by atoms with van der Waals surface area (Å²) >= 11 is 0. The summed E-state index contributed by atoms with van der Waals surface area (Å²) in [6.45, 7) is 12.5. The smallest absolute Gasteiger partial charge is 0.0233 e. The molecule has 0 aliphatic carbocycles. The third kappa shape index (κ3) is 5.12. The van der Waals surface area contributed by atoms with E-state index in [-0.39, 0.29) is 5.41 Å². The molecule has 0 amide bonds. The Kier molecular flexibility index (Phi) is 5.45. The molecule has 0 bridgehead atoms. The highest BCUT2D eigenvalue weighted by molar-refractivity contribution is 5.27. The van der Waals surface area contributed by atoms with E-state index < -0.39 is 0 Å². The SMILES string of the molecule is CC(N)CC1CCN(Cc2ccc(C(C)(C)C)cc2)CC1. The summed E-state index contributed by atoms with van der Waals surface area (Å²) in [5, 5.41) is 0. The summed E-state index contributed by atoms with van der Waals surface area (Å²) in [5.74, 6) is 0.838. The fraction of sp³-hybridized carbons (Fsp3) is 0.684. The van der Waals surface area contributed by atoms with Crippen LogP contribution in [0.3, 0.4) is 0 Å². The zero-order valence-corrected chi connectivity index (χ0v) is 14.2. The Hall–Kier alpha value is -0.860. The van der Waals surface area contributed by atoms with Crippen LogP contribution in [0.25, 0.3) is 0 Å². The van der Waals surface area contributed by atoms with Crippen LogP contribution in [-0.2, 0) is 12.0 Å². The lowest BCUT2D eigenvalue weighted by molar-refractivity contribution is 0.169. The van der Waals surface area contributed by atoms with Crippen LogP contribution in [0, 0.1) is 5.92 Å². The zero-order valence-electron chi connectivity index (χ0n) is 14.2. The van der Waals surface area contributed by atoms with Crippen LogP contribution in [0.4, 0.5) is 0 Å². The quantitative estimate of drug-likeness (QED) is 0.909. The minimum absolute atomic E-state index is 0.246. The normalized spacial score (nSPS) is 19.7. The summed E-state index contributed by atoms with van der Waals surface area (Å²) in [5.41, 5.74) is 9.02. The fourth-order valence-electron chi connectivity index (χ4n) is 3.27. The maximum absolute atomic E-state index is 5.92. The first kappa shape index (κ1) is 16.5. The van der Waals surface area contributed by atoms with E-state index in [1.54, 1.807) is 0 Å². The number of hydrogen-bond acceptors (Lipinski definition) is 2. The number of piperidine rings is 1. The number of likely N-dealkylation sites (tertiary alicyclic amines) is 1. The molecule has 0 radical (unpaired) electrons. The molecule has 1 fully saturated rings. The summed E-state index contributed by atoms with van der Waals surface area (Å²) < 4.78 is 0. The third-order valence-corrected chi connectivity index (χ3v) is 4.64. The van der Waals surface area contributed by atoms with Gasteiger partial charge in [-0.05, 0) is 61.7 Å². The molecular weight excluding hydrogens is 256 g/mol. The Bertz CT molecular complexity index is 420. The molecule has 2 rings (SSSR count). The fourth-order valence-corrected chi connectivity index (χ4v) is 3.27. The summed E-state index contributed by atoms with van der Waals surface area (Å²) in [4.78, 5) is 2.59. The molecule has 1 aromatic rings. The van der Waals surface area contributed by atoms with Gasteiger partial charge in [-0.3, -0.25) is 4.90 Å². The van der Waals surface area contributed by atoms with Crippen molar-refractivity contribution in [1.29, 1.82) is 0 Å². The third-order valence-electron chi connectivity index (χ3n) is 4.64. The summed E-state index contributed by atoms with van der Waals surface area (Å²) in [6, 6.07) is 9.53. The van der Waals surface area contributed by atoms with E-state index in [1.807, 2.05) is 0 Å². The van der Waals surface area contributed by atoms with Gasteiger partial charge in [0, 0.05) is 12.6 Å². The van der Waals surface area contributed by atoms with Crippen molar-refractivity contribution in [3.63, 3.8) is 0 Å². The highest BCUT2D eigenvalue weighted by Crippen LogP contribution is 2.25. The van der Waals surface area contributed by atoms with Crippen LogP contribution < -0.4 is 5.73 Å². The number of nitrogens with zero attached hydrogens (tertiary/aromatic N) is 1. The van der Waals surface area contributed by atoms with Crippen LogP contribution in [0.1, 0.15) is 58.1 Å².